The van der Waals surface area contributed by atoms with Crippen LogP contribution in [0.1, 0.15) is 23.5 Å². The van der Waals surface area contributed by atoms with Gasteiger partial charge in [0.25, 0.3) is 0 Å². The van der Waals surface area contributed by atoms with E-state index in [1.165, 1.54) is 0 Å². The standard InChI is InChI=1S/C26H23BrN4O2S/c1-32-19-12-13-21(23(16-19)33-2)31-25(24(29-26(31)34)20-6-3-4-14-28-20)22-7-5-15-30(22)18-10-8-17(27)9-11-18/h3-16,24-25H,1-2H3,(H,29,34)/t24-,25+/m0/s1. The average molecular weight is 535 g/mol. The molecule has 1 aliphatic rings. The molecule has 2 aromatic carbocycles. The highest BCUT2D eigenvalue weighted by Crippen LogP contribution is 2.45. The van der Waals surface area contributed by atoms with Crippen LogP contribution in [0.15, 0.2) is 89.7 Å². The summed E-state index contributed by atoms with van der Waals surface area (Å²) in [7, 11) is 3.29. The van der Waals surface area contributed by atoms with Gasteiger partial charge in [0.15, 0.2) is 5.11 Å². The summed E-state index contributed by atoms with van der Waals surface area (Å²) in [6, 6.07) is 23.8. The van der Waals surface area contributed by atoms with Crippen molar-refractivity contribution in [2.24, 2.45) is 0 Å². The van der Waals surface area contributed by atoms with Gasteiger partial charge in [0.2, 0.25) is 0 Å². The summed E-state index contributed by atoms with van der Waals surface area (Å²) in [6.45, 7) is 0. The Labute approximate surface area is 212 Å². The largest absolute Gasteiger partial charge is 0.497 e. The van der Waals surface area contributed by atoms with Crippen molar-refractivity contribution < 1.29 is 9.47 Å². The zero-order valence-corrected chi connectivity index (χ0v) is 21.1. The number of anilines is 1. The maximum absolute atomic E-state index is 5.88. The Kier molecular flexibility index (Phi) is 6.26. The summed E-state index contributed by atoms with van der Waals surface area (Å²) in [5.41, 5.74) is 3.90. The zero-order chi connectivity index (χ0) is 23.7. The maximum Gasteiger partial charge on any atom is 0.174 e. The van der Waals surface area contributed by atoms with Crippen LogP contribution in [0.4, 0.5) is 5.69 Å². The van der Waals surface area contributed by atoms with E-state index in [0.717, 1.165) is 33.0 Å². The Morgan fingerprint density at radius 1 is 0.971 bits per heavy atom. The molecule has 8 heteroatoms. The minimum Gasteiger partial charge on any atom is -0.497 e. The van der Waals surface area contributed by atoms with Gasteiger partial charge in [-0.2, -0.15) is 0 Å². The minimum absolute atomic E-state index is 0.162. The first kappa shape index (κ1) is 22.4. The van der Waals surface area contributed by atoms with E-state index in [2.05, 4.69) is 66.2 Å². The van der Waals surface area contributed by atoms with E-state index in [9.17, 15) is 0 Å². The van der Waals surface area contributed by atoms with E-state index in [-0.39, 0.29) is 12.1 Å². The van der Waals surface area contributed by atoms with E-state index < -0.39 is 0 Å². The van der Waals surface area contributed by atoms with Crippen LogP contribution in [0, 0.1) is 0 Å². The highest BCUT2D eigenvalue weighted by atomic mass is 79.9. The third-order valence-electron chi connectivity index (χ3n) is 5.93. The van der Waals surface area contributed by atoms with Crippen molar-refractivity contribution in [2.45, 2.75) is 12.1 Å². The van der Waals surface area contributed by atoms with Gasteiger partial charge in [-0.05, 0) is 72.9 Å². The van der Waals surface area contributed by atoms with Gasteiger partial charge in [-0.15, -0.1) is 0 Å². The molecule has 0 unspecified atom stereocenters. The quantitative estimate of drug-likeness (QED) is 0.314. The highest BCUT2D eigenvalue weighted by Gasteiger charge is 2.43. The molecule has 4 aromatic rings. The molecule has 0 saturated carbocycles. The van der Waals surface area contributed by atoms with Gasteiger partial charge in [0.1, 0.15) is 17.5 Å². The fraction of sp³-hybridized carbons (Fsp3) is 0.154. The predicted molar refractivity (Wildman–Crippen MR) is 141 cm³/mol. The number of pyridine rings is 1. The summed E-state index contributed by atoms with van der Waals surface area (Å²) >= 11 is 9.41. The molecule has 5 rings (SSSR count). The molecule has 1 N–H and O–H groups in total. The lowest BCUT2D eigenvalue weighted by Gasteiger charge is -2.30. The minimum atomic E-state index is -0.177. The van der Waals surface area contributed by atoms with Crippen molar-refractivity contribution in [3.63, 3.8) is 0 Å². The molecule has 2 atom stereocenters. The van der Waals surface area contributed by atoms with E-state index in [1.807, 2.05) is 54.7 Å². The molecule has 172 valence electrons. The van der Waals surface area contributed by atoms with Crippen LogP contribution in [-0.2, 0) is 0 Å². The number of aromatic nitrogens is 2. The third-order valence-corrected chi connectivity index (χ3v) is 6.78. The Hall–Kier alpha value is -3.36. The van der Waals surface area contributed by atoms with Crippen LogP contribution in [0.25, 0.3) is 5.69 Å². The number of nitrogens with zero attached hydrogens (tertiary/aromatic N) is 3. The molecular formula is C26H23BrN4O2S. The molecule has 0 amide bonds. The smallest absolute Gasteiger partial charge is 0.174 e. The second kappa shape index (κ2) is 9.48. The van der Waals surface area contributed by atoms with Gasteiger partial charge in [0.05, 0.1) is 31.6 Å². The first-order valence-electron chi connectivity index (χ1n) is 10.8. The summed E-state index contributed by atoms with van der Waals surface area (Å²) < 4.78 is 14.4. The lowest BCUT2D eigenvalue weighted by atomic mass is 10.0. The van der Waals surface area contributed by atoms with Crippen LogP contribution < -0.4 is 19.7 Å². The molecule has 1 fully saturated rings. The number of thiocarbonyl (C=S) groups is 1. The highest BCUT2D eigenvalue weighted by molar-refractivity contribution is 9.10. The number of rotatable bonds is 6. The first-order chi connectivity index (χ1) is 16.6. The van der Waals surface area contributed by atoms with E-state index >= 15 is 0 Å². The number of hydrogen-bond acceptors (Lipinski definition) is 4. The predicted octanol–water partition coefficient (Wildman–Crippen LogP) is 5.83. The fourth-order valence-corrected chi connectivity index (χ4v) is 4.97. The summed E-state index contributed by atoms with van der Waals surface area (Å²) in [5, 5.41) is 4.12. The lowest BCUT2D eigenvalue weighted by Crippen LogP contribution is -2.30. The third kappa shape index (κ3) is 4.03. The fourth-order valence-electron chi connectivity index (χ4n) is 4.37. The first-order valence-corrected chi connectivity index (χ1v) is 12.0. The van der Waals surface area contributed by atoms with E-state index in [0.29, 0.717) is 10.9 Å². The summed E-state index contributed by atoms with van der Waals surface area (Å²) in [4.78, 5) is 6.76. The van der Waals surface area contributed by atoms with Crippen LogP contribution in [0.3, 0.4) is 0 Å². The average Bonchev–Trinajstić information content (AvgIpc) is 3.49. The monoisotopic (exact) mass is 534 g/mol. The zero-order valence-electron chi connectivity index (χ0n) is 18.7. The van der Waals surface area contributed by atoms with Gasteiger partial charge in [-0.1, -0.05) is 22.0 Å². The molecule has 0 aliphatic carbocycles. The second-order valence-corrected chi connectivity index (χ2v) is 9.12. The van der Waals surface area contributed by atoms with Crippen molar-refractivity contribution >= 4 is 38.9 Å². The Balaban J connectivity index is 1.68. The van der Waals surface area contributed by atoms with Crippen molar-refractivity contribution in [2.75, 3.05) is 19.1 Å². The molecule has 1 aliphatic heterocycles. The molecule has 1 saturated heterocycles. The molecule has 3 heterocycles. The van der Waals surface area contributed by atoms with Crippen LogP contribution in [0.5, 0.6) is 11.5 Å². The molecule has 6 nitrogen and oxygen atoms in total. The van der Waals surface area contributed by atoms with Crippen LogP contribution in [-0.4, -0.2) is 28.9 Å². The molecule has 0 bridgehead atoms. The van der Waals surface area contributed by atoms with Crippen molar-refractivity contribution in [3.8, 4) is 17.2 Å². The van der Waals surface area contributed by atoms with Gasteiger partial charge in [-0.3, -0.25) is 4.98 Å². The van der Waals surface area contributed by atoms with Crippen molar-refractivity contribution in [1.82, 2.24) is 14.9 Å². The van der Waals surface area contributed by atoms with Gasteiger partial charge in [0, 0.05) is 34.3 Å². The molecule has 34 heavy (non-hydrogen) atoms. The van der Waals surface area contributed by atoms with Crippen molar-refractivity contribution in [3.05, 3.63) is 101 Å². The Morgan fingerprint density at radius 3 is 2.50 bits per heavy atom. The van der Waals surface area contributed by atoms with Gasteiger partial charge in [-0.25, -0.2) is 0 Å². The van der Waals surface area contributed by atoms with E-state index in [1.54, 1.807) is 14.2 Å². The lowest BCUT2D eigenvalue weighted by molar-refractivity contribution is 0.394. The van der Waals surface area contributed by atoms with Gasteiger partial charge >= 0.3 is 0 Å². The summed E-state index contributed by atoms with van der Waals surface area (Å²) in [5.74, 6) is 1.40. The topological polar surface area (TPSA) is 51.5 Å². The number of ether oxygens (including phenoxy) is 2. The number of benzene rings is 2. The Morgan fingerprint density at radius 2 is 1.79 bits per heavy atom. The molecule has 0 spiro atoms. The van der Waals surface area contributed by atoms with E-state index in [4.69, 9.17) is 21.7 Å². The second-order valence-electron chi connectivity index (χ2n) is 7.81. The number of methoxy groups -OCH3 is 2. The van der Waals surface area contributed by atoms with Crippen molar-refractivity contribution in [1.29, 1.82) is 0 Å². The van der Waals surface area contributed by atoms with Crippen LogP contribution in [0.2, 0.25) is 0 Å². The van der Waals surface area contributed by atoms with Gasteiger partial charge < -0.3 is 24.3 Å². The number of halogens is 1. The van der Waals surface area contributed by atoms with Crippen LogP contribution >= 0.6 is 28.1 Å². The molecule has 2 aromatic heterocycles. The molecule has 0 radical (unpaired) electrons. The Bertz CT molecular complexity index is 1310. The number of nitrogens with one attached hydrogen (secondary N) is 1. The summed E-state index contributed by atoms with van der Waals surface area (Å²) in [6.07, 6.45) is 3.88. The SMILES string of the molecule is COc1ccc(N2C(=S)N[C@@H](c3ccccn3)[C@H]2c2cccn2-c2ccc(Br)cc2)c(OC)c1. The maximum atomic E-state index is 5.88. The normalized spacial score (nSPS) is 17.5. The number of hydrogen-bond donors (Lipinski definition) is 1. The molecular weight excluding hydrogens is 512 g/mol.